The quantitative estimate of drug-likeness (QED) is 0.849. The number of aliphatic hydroxyl groups excluding tert-OH is 1. The van der Waals surface area contributed by atoms with Gasteiger partial charge in [-0.1, -0.05) is 38.8 Å². The fourth-order valence-corrected chi connectivity index (χ4v) is 3.09. The first-order valence-electron chi connectivity index (χ1n) is 8.11. The molecule has 1 aromatic carbocycles. The molecule has 0 aliphatic heterocycles. The third kappa shape index (κ3) is 4.01. The van der Waals surface area contributed by atoms with E-state index in [1.807, 2.05) is 13.0 Å². The molecule has 122 valence electrons. The van der Waals surface area contributed by atoms with E-state index in [2.05, 4.69) is 31.3 Å². The molecule has 1 aliphatic carbocycles. The highest BCUT2D eigenvalue weighted by Crippen LogP contribution is 2.30. The van der Waals surface area contributed by atoms with E-state index in [0.29, 0.717) is 5.92 Å². The van der Waals surface area contributed by atoms with Crippen LogP contribution < -0.4 is 10.1 Å². The zero-order valence-electron chi connectivity index (χ0n) is 13.8. The van der Waals surface area contributed by atoms with E-state index in [0.717, 1.165) is 42.6 Å². The molecule has 4 nitrogen and oxygen atoms in total. The van der Waals surface area contributed by atoms with Crippen molar-refractivity contribution in [2.75, 3.05) is 13.2 Å². The molecule has 2 rings (SSSR count). The molecule has 0 spiro atoms. The largest absolute Gasteiger partial charge is 0.483 e. The fourth-order valence-electron chi connectivity index (χ4n) is 3.09. The van der Waals surface area contributed by atoms with Crippen LogP contribution in [-0.4, -0.2) is 29.8 Å². The van der Waals surface area contributed by atoms with Crippen LogP contribution in [-0.2, 0) is 4.79 Å². The number of carbonyl (C=O) groups is 1. The van der Waals surface area contributed by atoms with Gasteiger partial charge >= 0.3 is 0 Å². The van der Waals surface area contributed by atoms with Gasteiger partial charge in [0, 0.05) is 0 Å². The molecular weight excluding hydrogens is 278 g/mol. The first-order chi connectivity index (χ1) is 10.5. The number of rotatable bonds is 6. The standard InChI is InChI=1S/C18H27NO3/c1-13(2)15-7-6-14(3)10-16(15)22-11-17(21)19-18(12-20)8-4-5-9-18/h6-7,10,13,20H,4-5,8-9,11-12H2,1-3H3,(H,19,21). The second-order valence-electron chi connectivity index (χ2n) is 6.68. The summed E-state index contributed by atoms with van der Waals surface area (Å²) in [5.74, 6) is 0.957. The Kier molecular flexibility index (Phi) is 5.46. The second kappa shape index (κ2) is 7.14. The average molecular weight is 305 g/mol. The van der Waals surface area contributed by atoms with Gasteiger partial charge in [-0.05, 0) is 42.9 Å². The number of hydrogen-bond donors (Lipinski definition) is 2. The molecule has 0 unspecified atom stereocenters. The Bertz CT molecular complexity index is 519. The molecule has 1 saturated carbocycles. The molecule has 1 amide bonds. The van der Waals surface area contributed by atoms with Crippen molar-refractivity contribution in [3.05, 3.63) is 29.3 Å². The monoisotopic (exact) mass is 305 g/mol. The summed E-state index contributed by atoms with van der Waals surface area (Å²) in [5, 5.41) is 12.5. The van der Waals surface area contributed by atoms with Gasteiger partial charge in [0.1, 0.15) is 5.75 Å². The predicted molar refractivity (Wildman–Crippen MR) is 87.2 cm³/mol. The minimum Gasteiger partial charge on any atom is -0.483 e. The van der Waals surface area contributed by atoms with E-state index in [1.54, 1.807) is 0 Å². The van der Waals surface area contributed by atoms with E-state index >= 15 is 0 Å². The van der Waals surface area contributed by atoms with Crippen LogP contribution in [0.15, 0.2) is 18.2 Å². The van der Waals surface area contributed by atoms with E-state index < -0.39 is 5.54 Å². The minimum atomic E-state index is -0.437. The number of carbonyl (C=O) groups excluding carboxylic acids is 1. The Labute approximate surface area is 132 Å². The van der Waals surface area contributed by atoms with Gasteiger partial charge in [0.15, 0.2) is 6.61 Å². The van der Waals surface area contributed by atoms with Gasteiger partial charge in [-0.25, -0.2) is 0 Å². The lowest BCUT2D eigenvalue weighted by atomic mass is 9.99. The highest BCUT2D eigenvalue weighted by molar-refractivity contribution is 5.78. The molecule has 0 atom stereocenters. The first kappa shape index (κ1) is 16.8. The molecule has 1 aliphatic rings. The summed E-state index contributed by atoms with van der Waals surface area (Å²) >= 11 is 0. The maximum absolute atomic E-state index is 12.2. The van der Waals surface area contributed by atoms with Gasteiger partial charge in [-0.15, -0.1) is 0 Å². The lowest BCUT2D eigenvalue weighted by molar-refractivity contribution is -0.125. The second-order valence-corrected chi connectivity index (χ2v) is 6.68. The lowest BCUT2D eigenvalue weighted by Gasteiger charge is -2.28. The number of aryl methyl sites for hydroxylation is 1. The molecule has 0 saturated heterocycles. The van der Waals surface area contributed by atoms with Crippen molar-refractivity contribution in [2.45, 2.75) is 57.9 Å². The number of aliphatic hydroxyl groups is 1. The van der Waals surface area contributed by atoms with E-state index in [1.165, 1.54) is 0 Å². The van der Waals surface area contributed by atoms with E-state index in [4.69, 9.17) is 4.74 Å². The summed E-state index contributed by atoms with van der Waals surface area (Å²) in [5.41, 5.74) is 1.78. The van der Waals surface area contributed by atoms with Crippen molar-refractivity contribution in [2.24, 2.45) is 0 Å². The molecule has 0 bridgehead atoms. The Hall–Kier alpha value is -1.55. The Balaban J connectivity index is 1.98. The number of nitrogens with one attached hydrogen (secondary N) is 1. The average Bonchev–Trinajstić information content (AvgIpc) is 2.94. The molecule has 1 aromatic rings. The summed E-state index contributed by atoms with van der Waals surface area (Å²) in [7, 11) is 0. The van der Waals surface area contributed by atoms with Crippen LogP contribution in [0.3, 0.4) is 0 Å². The number of benzene rings is 1. The van der Waals surface area contributed by atoms with E-state index in [9.17, 15) is 9.90 Å². The zero-order chi connectivity index (χ0) is 16.2. The van der Waals surface area contributed by atoms with Gasteiger partial charge in [0.25, 0.3) is 5.91 Å². The highest BCUT2D eigenvalue weighted by atomic mass is 16.5. The van der Waals surface area contributed by atoms with Gasteiger partial charge in [0.2, 0.25) is 0 Å². The summed E-state index contributed by atoms with van der Waals surface area (Å²) in [6.45, 7) is 6.22. The third-order valence-electron chi connectivity index (χ3n) is 4.42. The van der Waals surface area contributed by atoms with Crippen molar-refractivity contribution < 1.29 is 14.6 Å². The van der Waals surface area contributed by atoms with Crippen LogP contribution >= 0.6 is 0 Å². The molecule has 2 N–H and O–H groups in total. The van der Waals surface area contributed by atoms with Crippen molar-refractivity contribution in [1.82, 2.24) is 5.32 Å². The summed E-state index contributed by atoms with van der Waals surface area (Å²) in [6, 6.07) is 6.08. The summed E-state index contributed by atoms with van der Waals surface area (Å²) < 4.78 is 5.75. The van der Waals surface area contributed by atoms with Crippen LogP contribution in [0.25, 0.3) is 0 Å². The van der Waals surface area contributed by atoms with Crippen molar-refractivity contribution >= 4 is 5.91 Å². The van der Waals surface area contributed by atoms with Gasteiger partial charge in [-0.3, -0.25) is 4.79 Å². The zero-order valence-corrected chi connectivity index (χ0v) is 13.8. The van der Waals surface area contributed by atoms with Crippen LogP contribution in [0.1, 0.15) is 56.6 Å². The first-order valence-corrected chi connectivity index (χ1v) is 8.11. The van der Waals surface area contributed by atoms with Crippen LogP contribution in [0.2, 0.25) is 0 Å². The van der Waals surface area contributed by atoms with Gasteiger partial charge in [-0.2, -0.15) is 0 Å². The maximum atomic E-state index is 12.2. The minimum absolute atomic E-state index is 0.000426. The number of amides is 1. The smallest absolute Gasteiger partial charge is 0.258 e. The number of ether oxygens (including phenoxy) is 1. The topological polar surface area (TPSA) is 58.6 Å². The lowest BCUT2D eigenvalue weighted by Crippen LogP contribution is -2.50. The van der Waals surface area contributed by atoms with Gasteiger partial charge in [0.05, 0.1) is 12.1 Å². The Morgan fingerprint density at radius 3 is 2.64 bits per heavy atom. The Morgan fingerprint density at radius 1 is 1.36 bits per heavy atom. The number of hydrogen-bond acceptors (Lipinski definition) is 3. The normalized spacial score (nSPS) is 16.8. The van der Waals surface area contributed by atoms with Crippen molar-refractivity contribution in [1.29, 1.82) is 0 Å². The maximum Gasteiger partial charge on any atom is 0.258 e. The third-order valence-corrected chi connectivity index (χ3v) is 4.42. The van der Waals surface area contributed by atoms with Crippen LogP contribution in [0, 0.1) is 6.92 Å². The highest BCUT2D eigenvalue weighted by Gasteiger charge is 2.34. The molecular formula is C18H27NO3. The van der Waals surface area contributed by atoms with Crippen molar-refractivity contribution in [3.63, 3.8) is 0 Å². The predicted octanol–water partition coefficient (Wildman–Crippen LogP) is 2.92. The molecule has 1 fully saturated rings. The van der Waals surface area contributed by atoms with Crippen LogP contribution in [0.5, 0.6) is 5.75 Å². The van der Waals surface area contributed by atoms with Gasteiger partial charge < -0.3 is 15.2 Å². The molecule has 0 radical (unpaired) electrons. The fraction of sp³-hybridized carbons (Fsp3) is 0.611. The van der Waals surface area contributed by atoms with Crippen molar-refractivity contribution in [3.8, 4) is 5.75 Å². The summed E-state index contributed by atoms with van der Waals surface area (Å²) in [4.78, 5) is 12.2. The van der Waals surface area contributed by atoms with E-state index in [-0.39, 0.29) is 19.1 Å². The molecule has 0 aromatic heterocycles. The Morgan fingerprint density at radius 2 is 2.05 bits per heavy atom. The molecule has 4 heteroatoms. The molecule has 22 heavy (non-hydrogen) atoms. The SMILES string of the molecule is Cc1ccc(C(C)C)c(OCC(=O)NC2(CO)CCCC2)c1. The molecule has 0 heterocycles. The summed E-state index contributed by atoms with van der Waals surface area (Å²) in [6.07, 6.45) is 3.79. The van der Waals surface area contributed by atoms with Crippen LogP contribution in [0.4, 0.5) is 0 Å².